The van der Waals surface area contributed by atoms with Crippen LogP contribution in [0.15, 0.2) is 24.3 Å². The van der Waals surface area contributed by atoms with Crippen LogP contribution < -0.4 is 0 Å². The summed E-state index contributed by atoms with van der Waals surface area (Å²) < 4.78 is 38.0. The Labute approximate surface area is 124 Å². The van der Waals surface area contributed by atoms with Gasteiger partial charge in [0.2, 0.25) is 0 Å². The van der Waals surface area contributed by atoms with E-state index in [1.165, 1.54) is 31.7 Å². The summed E-state index contributed by atoms with van der Waals surface area (Å²) in [6, 6.07) is 5.29. The third-order valence-electron chi connectivity index (χ3n) is 4.31. The lowest BCUT2D eigenvalue weighted by molar-refractivity contribution is -0.137. The third kappa shape index (κ3) is 5.34. The van der Waals surface area contributed by atoms with E-state index >= 15 is 0 Å². The quantitative estimate of drug-likeness (QED) is 0.778. The molecule has 1 nitrogen and oxygen atoms in total. The number of alkyl halides is 3. The number of rotatable bonds is 4. The molecule has 1 aromatic rings. The highest BCUT2D eigenvalue weighted by Crippen LogP contribution is 2.30. The Kier molecular flexibility index (Phi) is 5.68. The number of benzene rings is 1. The number of hydrogen-bond acceptors (Lipinski definition) is 1. The first-order valence-corrected chi connectivity index (χ1v) is 7.79. The van der Waals surface area contributed by atoms with Crippen molar-refractivity contribution in [1.82, 2.24) is 0 Å². The van der Waals surface area contributed by atoms with Gasteiger partial charge in [0.05, 0.1) is 11.7 Å². The predicted octanol–water partition coefficient (Wildman–Crippen LogP) is 4.97. The fourth-order valence-electron chi connectivity index (χ4n) is 3.21. The molecule has 0 saturated heterocycles. The second kappa shape index (κ2) is 7.30. The van der Waals surface area contributed by atoms with Crippen LogP contribution in [-0.4, -0.2) is 11.2 Å². The Morgan fingerprint density at radius 1 is 1.10 bits per heavy atom. The van der Waals surface area contributed by atoms with Gasteiger partial charge < -0.3 is 5.11 Å². The second-order valence-corrected chi connectivity index (χ2v) is 6.15. The first kappa shape index (κ1) is 16.3. The van der Waals surface area contributed by atoms with Crippen molar-refractivity contribution in [3.63, 3.8) is 0 Å². The summed E-state index contributed by atoms with van der Waals surface area (Å²) in [6.45, 7) is 0. The van der Waals surface area contributed by atoms with Crippen LogP contribution >= 0.6 is 0 Å². The highest BCUT2D eigenvalue weighted by molar-refractivity contribution is 5.26. The van der Waals surface area contributed by atoms with E-state index in [1.54, 1.807) is 6.07 Å². The molecule has 1 aliphatic carbocycles. The Balaban J connectivity index is 1.91. The maximum Gasteiger partial charge on any atom is 0.416 e. The van der Waals surface area contributed by atoms with E-state index in [-0.39, 0.29) is 0 Å². The number of hydrogen-bond donors (Lipinski definition) is 1. The molecule has 0 bridgehead atoms. The van der Waals surface area contributed by atoms with E-state index in [9.17, 15) is 18.3 Å². The summed E-state index contributed by atoms with van der Waals surface area (Å²) >= 11 is 0. The first-order chi connectivity index (χ1) is 9.95. The Hall–Kier alpha value is -1.03. The zero-order valence-corrected chi connectivity index (χ0v) is 12.2. The number of aliphatic hydroxyl groups excluding tert-OH is 1. The molecule has 1 aromatic carbocycles. The monoisotopic (exact) mass is 300 g/mol. The SMILES string of the molecule is OC(Cc1cccc(C(F)(F)F)c1)CC1CCCCCC1. The molecule has 0 radical (unpaired) electrons. The van der Waals surface area contributed by atoms with Gasteiger partial charge in [-0.05, 0) is 30.4 Å². The van der Waals surface area contributed by atoms with Crippen molar-refractivity contribution >= 4 is 0 Å². The largest absolute Gasteiger partial charge is 0.416 e. The molecule has 0 amide bonds. The van der Waals surface area contributed by atoms with E-state index < -0.39 is 17.8 Å². The Morgan fingerprint density at radius 2 is 1.76 bits per heavy atom. The average molecular weight is 300 g/mol. The van der Waals surface area contributed by atoms with Gasteiger partial charge in [0.25, 0.3) is 0 Å². The van der Waals surface area contributed by atoms with Gasteiger partial charge in [0, 0.05) is 0 Å². The predicted molar refractivity (Wildman–Crippen MR) is 77.0 cm³/mol. The zero-order chi connectivity index (χ0) is 15.3. The molecular formula is C17H23F3O. The van der Waals surface area contributed by atoms with Crippen molar-refractivity contribution in [2.75, 3.05) is 0 Å². The maximum atomic E-state index is 12.7. The molecule has 1 atom stereocenters. The van der Waals surface area contributed by atoms with Crippen LogP contribution in [0.4, 0.5) is 13.2 Å². The van der Waals surface area contributed by atoms with Crippen LogP contribution in [0.1, 0.15) is 56.1 Å². The van der Waals surface area contributed by atoms with Crippen LogP contribution in [0.3, 0.4) is 0 Å². The molecule has 1 unspecified atom stereocenters. The minimum Gasteiger partial charge on any atom is -0.393 e. The molecule has 1 aliphatic rings. The van der Waals surface area contributed by atoms with Gasteiger partial charge in [-0.1, -0.05) is 56.7 Å². The summed E-state index contributed by atoms with van der Waals surface area (Å²) in [6.07, 6.45) is 3.37. The summed E-state index contributed by atoms with van der Waals surface area (Å²) in [5.74, 6) is 0.522. The second-order valence-electron chi connectivity index (χ2n) is 6.15. The highest BCUT2D eigenvalue weighted by Gasteiger charge is 2.30. The van der Waals surface area contributed by atoms with Crippen LogP contribution in [0.25, 0.3) is 0 Å². The molecule has 0 aromatic heterocycles. The van der Waals surface area contributed by atoms with Gasteiger partial charge in [0.1, 0.15) is 0 Å². The zero-order valence-electron chi connectivity index (χ0n) is 12.2. The lowest BCUT2D eigenvalue weighted by Gasteiger charge is -2.19. The topological polar surface area (TPSA) is 20.2 Å². The maximum absolute atomic E-state index is 12.7. The summed E-state index contributed by atoms with van der Waals surface area (Å²) in [5, 5.41) is 10.2. The van der Waals surface area contributed by atoms with E-state index in [2.05, 4.69) is 0 Å². The summed E-state index contributed by atoms with van der Waals surface area (Å²) in [4.78, 5) is 0. The van der Waals surface area contributed by atoms with Crippen molar-refractivity contribution in [3.8, 4) is 0 Å². The highest BCUT2D eigenvalue weighted by atomic mass is 19.4. The van der Waals surface area contributed by atoms with E-state index in [4.69, 9.17) is 0 Å². The Morgan fingerprint density at radius 3 is 2.38 bits per heavy atom. The van der Waals surface area contributed by atoms with Crippen LogP contribution in [-0.2, 0) is 12.6 Å². The summed E-state index contributed by atoms with van der Waals surface area (Å²) in [7, 11) is 0. The fraction of sp³-hybridized carbons (Fsp3) is 0.647. The van der Waals surface area contributed by atoms with Gasteiger partial charge in [-0.15, -0.1) is 0 Å². The number of aliphatic hydroxyl groups is 1. The number of halogens is 3. The summed E-state index contributed by atoms with van der Waals surface area (Å²) in [5.41, 5.74) is -0.0763. The molecular weight excluding hydrogens is 277 g/mol. The molecule has 0 heterocycles. The normalized spacial score (nSPS) is 19.2. The van der Waals surface area contributed by atoms with Gasteiger partial charge in [-0.3, -0.25) is 0 Å². The Bertz CT molecular complexity index is 434. The fourth-order valence-corrected chi connectivity index (χ4v) is 3.21. The van der Waals surface area contributed by atoms with Gasteiger partial charge in [0.15, 0.2) is 0 Å². The van der Waals surface area contributed by atoms with E-state index in [1.807, 2.05) is 0 Å². The smallest absolute Gasteiger partial charge is 0.393 e. The molecule has 1 fully saturated rings. The van der Waals surface area contributed by atoms with Gasteiger partial charge in [-0.2, -0.15) is 13.2 Å². The molecule has 0 spiro atoms. The van der Waals surface area contributed by atoms with Gasteiger partial charge >= 0.3 is 6.18 Å². The molecule has 2 rings (SSSR count). The minimum atomic E-state index is -4.32. The third-order valence-corrected chi connectivity index (χ3v) is 4.31. The standard InChI is InChI=1S/C17H23F3O/c18-17(19,20)15-9-5-8-14(10-15)12-16(21)11-13-6-3-1-2-4-7-13/h5,8-10,13,16,21H,1-4,6-7,11-12H2. The van der Waals surface area contributed by atoms with Crippen LogP contribution in [0.5, 0.6) is 0 Å². The van der Waals surface area contributed by atoms with E-state index in [0.717, 1.165) is 25.0 Å². The van der Waals surface area contributed by atoms with Crippen molar-refractivity contribution in [3.05, 3.63) is 35.4 Å². The lowest BCUT2D eigenvalue weighted by atomic mass is 9.91. The molecule has 4 heteroatoms. The van der Waals surface area contributed by atoms with Crippen molar-refractivity contribution in [2.24, 2.45) is 5.92 Å². The molecule has 1 saturated carbocycles. The van der Waals surface area contributed by atoms with Crippen molar-refractivity contribution < 1.29 is 18.3 Å². The lowest BCUT2D eigenvalue weighted by Crippen LogP contribution is -2.16. The van der Waals surface area contributed by atoms with Crippen molar-refractivity contribution in [1.29, 1.82) is 0 Å². The van der Waals surface area contributed by atoms with E-state index in [0.29, 0.717) is 24.3 Å². The van der Waals surface area contributed by atoms with Gasteiger partial charge in [-0.25, -0.2) is 0 Å². The average Bonchev–Trinajstić information content (AvgIpc) is 2.66. The van der Waals surface area contributed by atoms with Crippen molar-refractivity contribution in [2.45, 2.75) is 63.6 Å². The molecule has 1 N–H and O–H groups in total. The minimum absolute atomic E-state index is 0.306. The first-order valence-electron chi connectivity index (χ1n) is 7.79. The molecule has 21 heavy (non-hydrogen) atoms. The molecule has 0 aliphatic heterocycles. The van der Waals surface area contributed by atoms with Crippen LogP contribution in [0, 0.1) is 5.92 Å². The molecule has 118 valence electrons. The van der Waals surface area contributed by atoms with Crippen LogP contribution in [0.2, 0.25) is 0 Å².